The molecule has 1 aliphatic rings. The molecule has 0 amide bonds. The fourth-order valence-corrected chi connectivity index (χ4v) is 3.43. The zero-order chi connectivity index (χ0) is 11.3. The highest BCUT2D eigenvalue weighted by molar-refractivity contribution is 6.82. The second-order valence-corrected chi connectivity index (χ2v) is 10.1. The Morgan fingerprint density at radius 2 is 2.27 bits per heavy atom. The summed E-state index contributed by atoms with van der Waals surface area (Å²) in [6.45, 7) is 15.8. The van der Waals surface area contributed by atoms with Crippen LogP contribution < -0.4 is 5.32 Å². The van der Waals surface area contributed by atoms with Crippen molar-refractivity contribution < 1.29 is 0 Å². The van der Waals surface area contributed by atoms with Crippen molar-refractivity contribution in [2.75, 3.05) is 26.2 Å². The summed E-state index contributed by atoms with van der Waals surface area (Å²) in [6, 6.07) is 2.13. The SMILES string of the molecule is C=C[Si](C)(C)CCC1CNCCN1CC. The summed E-state index contributed by atoms with van der Waals surface area (Å²) in [5.74, 6) is 0. The third-order valence-corrected chi connectivity index (χ3v) is 6.24. The van der Waals surface area contributed by atoms with Crippen molar-refractivity contribution in [2.45, 2.75) is 38.5 Å². The van der Waals surface area contributed by atoms with Gasteiger partial charge in [-0.25, -0.2) is 0 Å². The van der Waals surface area contributed by atoms with E-state index in [9.17, 15) is 0 Å². The molecule has 1 unspecified atom stereocenters. The number of piperazine rings is 1. The highest BCUT2D eigenvalue weighted by Crippen LogP contribution is 2.18. The maximum absolute atomic E-state index is 3.97. The van der Waals surface area contributed by atoms with Gasteiger partial charge >= 0.3 is 0 Å². The molecular formula is C12H26N2Si. The van der Waals surface area contributed by atoms with Crippen molar-refractivity contribution in [3.63, 3.8) is 0 Å². The predicted molar refractivity (Wildman–Crippen MR) is 71.0 cm³/mol. The number of nitrogens with one attached hydrogen (secondary N) is 1. The third-order valence-electron chi connectivity index (χ3n) is 3.55. The molecular weight excluding hydrogens is 200 g/mol. The van der Waals surface area contributed by atoms with E-state index in [1.807, 2.05) is 0 Å². The molecule has 3 heteroatoms. The van der Waals surface area contributed by atoms with Crippen molar-refractivity contribution in [1.29, 1.82) is 0 Å². The van der Waals surface area contributed by atoms with Gasteiger partial charge in [0.1, 0.15) is 0 Å². The van der Waals surface area contributed by atoms with Crippen LogP contribution in [-0.4, -0.2) is 45.2 Å². The lowest BCUT2D eigenvalue weighted by Gasteiger charge is -2.36. The van der Waals surface area contributed by atoms with Crippen LogP contribution in [0.25, 0.3) is 0 Å². The van der Waals surface area contributed by atoms with E-state index in [2.05, 4.69) is 42.5 Å². The highest BCUT2D eigenvalue weighted by atomic mass is 28.3. The van der Waals surface area contributed by atoms with Gasteiger partial charge in [0.05, 0.1) is 8.07 Å². The van der Waals surface area contributed by atoms with Crippen molar-refractivity contribution in [3.8, 4) is 0 Å². The number of nitrogens with zero attached hydrogens (tertiary/aromatic N) is 1. The van der Waals surface area contributed by atoms with Gasteiger partial charge in [0.25, 0.3) is 0 Å². The summed E-state index contributed by atoms with van der Waals surface area (Å²) < 4.78 is 0. The second-order valence-electron chi connectivity index (χ2n) is 5.22. The zero-order valence-electron chi connectivity index (χ0n) is 10.6. The quantitative estimate of drug-likeness (QED) is 0.722. The van der Waals surface area contributed by atoms with Crippen LogP contribution in [0.1, 0.15) is 13.3 Å². The number of hydrogen-bond donors (Lipinski definition) is 1. The topological polar surface area (TPSA) is 15.3 Å². The van der Waals surface area contributed by atoms with Crippen LogP contribution in [0.15, 0.2) is 12.3 Å². The summed E-state index contributed by atoms with van der Waals surface area (Å²) in [7, 11) is -1.09. The summed E-state index contributed by atoms with van der Waals surface area (Å²) in [4.78, 5) is 2.62. The van der Waals surface area contributed by atoms with E-state index >= 15 is 0 Å². The van der Waals surface area contributed by atoms with Crippen LogP contribution in [0, 0.1) is 0 Å². The molecule has 88 valence electrons. The maximum atomic E-state index is 3.97. The van der Waals surface area contributed by atoms with E-state index in [4.69, 9.17) is 0 Å². The minimum Gasteiger partial charge on any atom is -0.314 e. The Morgan fingerprint density at radius 3 is 2.87 bits per heavy atom. The Kier molecular flexibility index (Phi) is 5.03. The fourth-order valence-electron chi connectivity index (χ4n) is 2.14. The summed E-state index contributed by atoms with van der Waals surface area (Å²) >= 11 is 0. The summed E-state index contributed by atoms with van der Waals surface area (Å²) in [5.41, 5.74) is 2.22. The van der Waals surface area contributed by atoms with E-state index in [-0.39, 0.29) is 0 Å². The van der Waals surface area contributed by atoms with Crippen molar-refractivity contribution in [2.24, 2.45) is 0 Å². The smallest absolute Gasteiger partial charge is 0.0710 e. The summed E-state index contributed by atoms with van der Waals surface area (Å²) in [6.07, 6.45) is 1.34. The lowest BCUT2D eigenvalue weighted by molar-refractivity contribution is 0.165. The van der Waals surface area contributed by atoms with Gasteiger partial charge in [-0.05, 0) is 13.0 Å². The monoisotopic (exact) mass is 226 g/mol. The van der Waals surface area contributed by atoms with Gasteiger partial charge in [-0.15, -0.1) is 12.3 Å². The fraction of sp³-hybridized carbons (Fsp3) is 0.833. The van der Waals surface area contributed by atoms with E-state index in [0.717, 1.165) is 12.6 Å². The minimum absolute atomic E-state index is 0.760. The molecule has 0 spiro atoms. The van der Waals surface area contributed by atoms with Crippen molar-refractivity contribution in [1.82, 2.24) is 10.2 Å². The molecule has 1 atom stereocenters. The molecule has 0 aliphatic carbocycles. The van der Waals surface area contributed by atoms with E-state index in [0.29, 0.717) is 0 Å². The van der Waals surface area contributed by atoms with Crippen LogP contribution in [0.5, 0.6) is 0 Å². The lowest BCUT2D eigenvalue weighted by Crippen LogP contribution is -2.51. The first-order valence-corrected chi connectivity index (χ1v) is 9.46. The zero-order valence-corrected chi connectivity index (χ0v) is 11.6. The maximum Gasteiger partial charge on any atom is 0.0710 e. The van der Waals surface area contributed by atoms with Crippen molar-refractivity contribution >= 4 is 8.07 Å². The molecule has 0 radical (unpaired) electrons. The van der Waals surface area contributed by atoms with Crippen LogP contribution in [0.2, 0.25) is 19.1 Å². The molecule has 0 aromatic carbocycles. The van der Waals surface area contributed by atoms with Crippen LogP contribution in [-0.2, 0) is 0 Å². The van der Waals surface area contributed by atoms with Gasteiger partial charge in [-0.3, -0.25) is 4.90 Å². The predicted octanol–water partition coefficient (Wildman–Crippen LogP) is 2.10. The normalized spacial score (nSPS) is 24.1. The van der Waals surface area contributed by atoms with Crippen LogP contribution >= 0.6 is 0 Å². The Morgan fingerprint density at radius 1 is 1.53 bits per heavy atom. The molecule has 1 saturated heterocycles. The molecule has 1 heterocycles. The van der Waals surface area contributed by atoms with Crippen LogP contribution in [0.4, 0.5) is 0 Å². The molecule has 15 heavy (non-hydrogen) atoms. The minimum atomic E-state index is -1.09. The molecule has 1 fully saturated rings. The van der Waals surface area contributed by atoms with E-state index in [1.54, 1.807) is 0 Å². The molecule has 0 saturated carbocycles. The van der Waals surface area contributed by atoms with Crippen molar-refractivity contribution in [3.05, 3.63) is 12.3 Å². The average Bonchev–Trinajstić information content (AvgIpc) is 2.27. The van der Waals surface area contributed by atoms with Gasteiger partial charge < -0.3 is 5.32 Å². The first-order valence-electron chi connectivity index (χ1n) is 6.17. The van der Waals surface area contributed by atoms with Gasteiger partial charge in [0, 0.05) is 25.7 Å². The van der Waals surface area contributed by atoms with Gasteiger partial charge in [-0.1, -0.05) is 26.1 Å². The standard InChI is InChI=1S/C12H26N2Si/c1-5-14-9-8-13-11-12(14)7-10-15(3,4)6-2/h6,12-13H,2,5,7-11H2,1,3-4H3. The molecule has 1 rings (SSSR count). The number of hydrogen-bond acceptors (Lipinski definition) is 2. The average molecular weight is 226 g/mol. The number of likely N-dealkylation sites (N-methyl/N-ethyl adjacent to an activating group) is 1. The van der Waals surface area contributed by atoms with E-state index in [1.165, 1.54) is 32.1 Å². The molecule has 1 N–H and O–H groups in total. The summed E-state index contributed by atoms with van der Waals surface area (Å²) in [5, 5.41) is 3.50. The molecule has 1 aliphatic heterocycles. The largest absolute Gasteiger partial charge is 0.314 e. The Hall–Kier alpha value is -0.123. The van der Waals surface area contributed by atoms with Crippen LogP contribution in [0.3, 0.4) is 0 Å². The Labute approximate surface area is 95.7 Å². The van der Waals surface area contributed by atoms with Gasteiger partial charge in [0.15, 0.2) is 0 Å². The Balaban J connectivity index is 2.38. The first-order chi connectivity index (χ1) is 7.09. The lowest BCUT2D eigenvalue weighted by atomic mass is 10.1. The van der Waals surface area contributed by atoms with E-state index < -0.39 is 8.07 Å². The Bertz CT molecular complexity index is 204. The highest BCUT2D eigenvalue weighted by Gasteiger charge is 2.24. The molecule has 0 aromatic heterocycles. The third kappa shape index (κ3) is 4.09. The van der Waals surface area contributed by atoms with Gasteiger partial charge in [-0.2, -0.15) is 0 Å². The molecule has 2 nitrogen and oxygen atoms in total. The van der Waals surface area contributed by atoms with Gasteiger partial charge in [0.2, 0.25) is 0 Å². The number of rotatable bonds is 5. The molecule has 0 aromatic rings. The molecule has 0 bridgehead atoms. The first kappa shape index (κ1) is 12.9. The second kappa shape index (κ2) is 5.82.